The summed E-state index contributed by atoms with van der Waals surface area (Å²) >= 11 is 0. The van der Waals surface area contributed by atoms with Crippen molar-refractivity contribution in [3.05, 3.63) is 35.7 Å². The van der Waals surface area contributed by atoms with Gasteiger partial charge in [-0.3, -0.25) is 4.90 Å². The molecule has 1 aromatic carbocycles. The molecule has 1 aliphatic heterocycles. The summed E-state index contributed by atoms with van der Waals surface area (Å²) in [5, 5.41) is 12.5. The number of hydrogen-bond acceptors (Lipinski definition) is 7. The molecule has 2 aromatic rings. The minimum atomic E-state index is -0.0444. The SMILES string of the molecule is CCN1CCN([C@@H](c2ccccc2OC)c2nnnn2CCOC)CC1. The molecule has 1 fully saturated rings. The van der Waals surface area contributed by atoms with Crippen LogP contribution in [0.5, 0.6) is 5.75 Å². The van der Waals surface area contributed by atoms with Crippen LogP contribution in [0.15, 0.2) is 24.3 Å². The molecule has 0 amide bonds. The van der Waals surface area contributed by atoms with Crippen LogP contribution in [-0.4, -0.2) is 83.6 Å². The van der Waals surface area contributed by atoms with Gasteiger partial charge in [-0.15, -0.1) is 5.10 Å². The van der Waals surface area contributed by atoms with Crippen molar-refractivity contribution in [2.75, 3.05) is 53.6 Å². The average molecular weight is 360 g/mol. The molecule has 0 saturated carbocycles. The van der Waals surface area contributed by atoms with Crippen molar-refractivity contribution in [3.63, 3.8) is 0 Å². The van der Waals surface area contributed by atoms with E-state index in [-0.39, 0.29) is 6.04 Å². The third-order valence-corrected chi connectivity index (χ3v) is 4.96. The number of rotatable bonds is 8. The standard InChI is InChI=1S/C18H28N6O2/c1-4-22-9-11-23(12-10-22)17(15-7-5-6-8-16(15)26-3)18-19-20-21-24(18)13-14-25-2/h5-8,17H,4,9-14H2,1-3H3/t17-/m0/s1. The second-order valence-electron chi connectivity index (χ2n) is 6.37. The first-order valence-electron chi connectivity index (χ1n) is 9.12. The van der Waals surface area contributed by atoms with Gasteiger partial charge in [0.15, 0.2) is 5.82 Å². The van der Waals surface area contributed by atoms with Crippen LogP contribution in [0.3, 0.4) is 0 Å². The van der Waals surface area contributed by atoms with Crippen LogP contribution < -0.4 is 4.74 Å². The van der Waals surface area contributed by atoms with Gasteiger partial charge in [0.05, 0.1) is 20.3 Å². The summed E-state index contributed by atoms with van der Waals surface area (Å²) in [5.41, 5.74) is 1.09. The smallest absolute Gasteiger partial charge is 0.173 e. The average Bonchev–Trinajstić information content (AvgIpc) is 3.15. The Morgan fingerprint density at radius 1 is 1.12 bits per heavy atom. The van der Waals surface area contributed by atoms with E-state index in [1.807, 2.05) is 22.9 Å². The van der Waals surface area contributed by atoms with Crippen molar-refractivity contribution >= 4 is 0 Å². The first-order chi connectivity index (χ1) is 12.8. The third kappa shape index (κ3) is 4.03. The van der Waals surface area contributed by atoms with Gasteiger partial charge < -0.3 is 14.4 Å². The lowest BCUT2D eigenvalue weighted by Gasteiger charge is -2.38. The largest absolute Gasteiger partial charge is 0.496 e. The monoisotopic (exact) mass is 360 g/mol. The van der Waals surface area contributed by atoms with Gasteiger partial charge in [0.25, 0.3) is 0 Å². The van der Waals surface area contributed by atoms with E-state index in [0.29, 0.717) is 13.2 Å². The lowest BCUT2D eigenvalue weighted by atomic mass is 10.0. The van der Waals surface area contributed by atoms with Crippen LogP contribution in [0.4, 0.5) is 0 Å². The number of likely N-dealkylation sites (N-methyl/N-ethyl adjacent to an activating group) is 1. The van der Waals surface area contributed by atoms with Crippen molar-refractivity contribution in [3.8, 4) is 5.75 Å². The van der Waals surface area contributed by atoms with Gasteiger partial charge in [-0.25, -0.2) is 4.68 Å². The fraction of sp³-hybridized carbons (Fsp3) is 0.611. The van der Waals surface area contributed by atoms with Crippen molar-refractivity contribution in [1.82, 2.24) is 30.0 Å². The van der Waals surface area contributed by atoms with Crippen LogP contribution in [0.25, 0.3) is 0 Å². The number of methoxy groups -OCH3 is 2. The van der Waals surface area contributed by atoms with Crippen LogP contribution in [0.1, 0.15) is 24.4 Å². The molecule has 3 rings (SSSR count). The molecule has 1 atom stereocenters. The normalized spacial score (nSPS) is 17.3. The Labute approximate surface area is 154 Å². The zero-order valence-electron chi connectivity index (χ0n) is 15.8. The van der Waals surface area contributed by atoms with Crippen LogP contribution >= 0.6 is 0 Å². The molecular formula is C18H28N6O2. The molecule has 0 spiro atoms. The lowest BCUT2D eigenvalue weighted by Crippen LogP contribution is -2.48. The first kappa shape index (κ1) is 18.8. The Morgan fingerprint density at radius 2 is 1.88 bits per heavy atom. The molecule has 0 N–H and O–H groups in total. The molecule has 8 nitrogen and oxygen atoms in total. The molecule has 2 heterocycles. The predicted octanol–water partition coefficient (Wildman–Crippen LogP) is 1.06. The molecule has 0 aliphatic carbocycles. The molecule has 26 heavy (non-hydrogen) atoms. The number of benzene rings is 1. The maximum Gasteiger partial charge on any atom is 0.173 e. The van der Waals surface area contributed by atoms with E-state index < -0.39 is 0 Å². The van der Waals surface area contributed by atoms with E-state index in [1.54, 1.807) is 14.2 Å². The number of piperazine rings is 1. The number of hydrogen-bond donors (Lipinski definition) is 0. The van der Waals surface area contributed by atoms with Crippen molar-refractivity contribution in [1.29, 1.82) is 0 Å². The van der Waals surface area contributed by atoms with Gasteiger partial charge in [-0.1, -0.05) is 25.1 Å². The highest BCUT2D eigenvalue weighted by Gasteiger charge is 2.32. The number of tetrazole rings is 1. The molecule has 8 heteroatoms. The maximum absolute atomic E-state index is 5.64. The Balaban J connectivity index is 1.96. The van der Waals surface area contributed by atoms with Gasteiger partial charge in [-0.2, -0.15) is 0 Å². The summed E-state index contributed by atoms with van der Waals surface area (Å²) in [5.74, 6) is 1.69. The fourth-order valence-electron chi connectivity index (χ4n) is 3.47. The van der Waals surface area contributed by atoms with Crippen molar-refractivity contribution < 1.29 is 9.47 Å². The summed E-state index contributed by atoms with van der Waals surface area (Å²) < 4.78 is 12.7. The van der Waals surface area contributed by atoms with Crippen LogP contribution in [0, 0.1) is 0 Å². The van der Waals surface area contributed by atoms with E-state index in [4.69, 9.17) is 9.47 Å². The van der Waals surface area contributed by atoms with Gasteiger partial charge in [0, 0.05) is 38.9 Å². The molecule has 1 saturated heterocycles. The number of para-hydroxylation sites is 1. The van der Waals surface area contributed by atoms with Gasteiger partial charge in [-0.05, 0) is 23.0 Å². The van der Waals surface area contributed by atoms with E-state index >= 15 is 0 Å². The Hall–Kier alpha value is -2.03. The van der Waals surface area contributed by atoms with Gasteiger partial charge in [0.2, 0.25) is 0 Å². The van der Waals surface area contributed by atoms with E-state index in [9.17, 15) is 0 Å². The molecule has 0 radical (unpaired) electrons. The molecule has 0 bridgehead atoms. The highest BCUT2D eigenvalue weighted by molar-refractivity contribution is 5.39. The summed E-state index contributed by atoms with van der Waals surface area (Å²) in [6.07, 6.45) is 0. The summed E-state index contributed by atoms with van der Waals surface area (Å²) in [4.78, 5) is 4.91. The second-order valence-corrected chi connectivity index (χ2v) is 6.37. The van der Waals surface area contributed by atoms with Gasteiger partial charge >= 0.3 is 0 Å². The molecule has 1 aliphatic rings. The quantitative estimate of drug-likeness (QED) is 0.697. The lowest BCUT2D eigenvalue weighted by molar-refractivity contribution is 0.106. The van der Waals surface area contributed by atoms with Crippen LogP contribution in [0.2, 0.25) is 0 Å². The van der Waals surface area contributed by atoms with Crippen molar-refractivity contribution in [2.45, 2.75) is 19.5 Å². The summed E-state index contributed by atoms with van der Waals surface area (Å²) in [6.45, 7) is 8.50. The highest BCUT2D eigenvalue weighted by atomic mass is 16.5. The highest BCUT2D eigenvalue weighted by Crippen LogP contribution is 2.34. The van der Waals surface area contributed by atoms with Crippen molar-refractivity contribution in [2.24, 2.45) is 0 Å². The minimum Gasteiger partial charge on any atom is -0.496 e. The maximum atomic E-state index is 5.64. The van der Waals surface area contributed by atoms with Crippen LogP contribution in [-0.2, 0) is 11.3 Å². The van der Waals surface area contributed by atoms with E-state index in [1.165, 1.54) is 0 Å². The molecule has 1 aromatic heterocycles. The fourth-order valence-corrected chi connectivity index (χ4v) is 3.47. The topological polar surface area (TPSA) is 68.5 Å². The number of ether oxygens (including phenoxy) is 2. The Bertz CT molecular complexity index is 684. The molecule has 142 valence electrons. The zero-order valence-corrected chi connectivity index (χ0v) is 15.8. The summed E-state index contributed by atoms with van der Waals surface area (Å²) in [7, 11) is 3.39. The van der Waals surface area contributed by atoms with E-state index in [0.717, 1.165) is 49.9 Å². The first-order valence-corrected chi connectivity index (χ1v) is 9.12. The number of aromatic nitrogens is 4. The Morgan fingerprint density at radius 3 is 2.58 bits per heavy atom. The predicted molar refractivity (Wildman–Crippen MR) is 98.2 cm³/mol. The number of nitrogens with zero attached hydrogens (tertiary/aromatic N) is 6. The molecular weight excluding hydrogens is 332 g/mol. The summed E-state index contributed by atoms with van der Waals surface area (Å²) in [6, 6.07) is 8.08. The third-order valence-electron chi connectivity index (χ3n) is 4.96. The minimum absolute atomic E-state index is 0.0444. The zero-order chi connectivity index (χ0) is 18.4. The second kappa shape index (κ2) is 9.07. The van der Waals surface area contributed by atoms with Gasteiger partial charge in [0.1, 0.15) is 11.8 Å². The Kier molecular flexibility index (Phi) is 6.54. The molecule has 0 unspecified atom stereocenters. The van der Waals surface area contributed by atoms with E-state index in [2.05, 4.69) is 38.3 Å².